The molecule has 1 heterocycles. The lowest BCUT2D eigenvalue weighted by Crippen LogP contribution is -2.33. The van der Waals surface area contributed by atoms with Gasteiger partial charge in [0.05, 0.1) is 12.6 Å². The second-order valence-corrected chi connectivity index (χ2v) is 7.46. The van der Waals surface area contributed by atoms with Crippen LogP contribution in [0.4, 0.5) is 0 Å². The molecule has 0 aliphatic carbocycles. The summed E-state index contributed by atoms with van der Waals surface area (Å²) in [5, 5.41) is 0. The molecule has 0 unspecified atom stereocenters. The van der Waals surface area contributed by atoms with E-state index in [-0.39, 0.29) is 11.5 Å². The van der Waals surface area contributed by atoms with Gasteiger partial charge in [0.15, 0.2) is 0 Å². The summed E-state index contributed by atoms with van der Waals surface area (Å²) >= 11 is 0. The number of benzene rings is 2. The molecule has 0 aromatic heterocycles. The van der Waals surface area contributed by atoms with Gasteiger partial charge in [-0.15, -0.1) is 0 Å². The van der Waals surface area contributed by atoms with E-state index in [0.29, 0.717) is 12.7 Å². The first-order valence-electron chi connectivity index (χ1n) is 9.05. The highest BCUT2D eigenvalue weighted by Gasteiger charge is 2.43. The molecule has 134 valence electrons. The molecule has 2 aromatic carbocycles. The Kier molecular flexibility index (Phi) is 5.89. The molecule has 1 fully saturated rings. The van der Waals surface area contributed by atoms with Crippen molar-refractivity contribution >= 4 is 0 Å². The molecular weight excluding hydrogens is 310 g/mol. The third kappa shape index (κ3) is 4.12. The Morgan fingerprint density at radius 1 is 1.04 bits per heavy atom. The van der Waals surface area contributed by atoms with Crippen LogP contribution in [0, 0.1) is 11.3 Å². The minimum absolute atomic E-state index is 0.139. The molecule has 1 aliphatic heterocycles. The molecule has 25 heavy (non-hydrogen) atoms. The van der Waals surface area contributed by atoms with Gasteiger partial charge in [-0.05, 0) is 17.0 Å². The van der Waals surface area contributed by atoms with Crippen molar-refractivity contribution in [2.45, 2.75) is 19.9 Å². The van der Waals surface area contributed by atoms with E-state index >= 15 is 0 Å². The first-order valence-corrected chi connectivity index (χ1v) is 9.05. The van der Waals surface area contributed by atoms with E-state index in [9.17, 15) is 0 Å². The fourth-order valence-electron chi connectivity index (χ4n) is 3.88. The fraction of sp³-hybridized carbons (Fsp3) is 0.455. The third-order valence-corrected chi connectivity index (χ3v) is 5.49. The highest BCUT2D eigenvalue weighted by Crippen LogP contribution is 2.41. The second-order valence-electron chi connectivity index (χ2n) is 7.46. The van der Waals surface area contributed by atoms with Gasteiger partial charge in [0.25, 0.3) is 0 Å². The maximum atomic E-state index is 5.73. The Hall–Kier alpha value is -1.68. The minimum atomic E-state index is 0.139. The van der Waals surface area contributed by atoms with Crippen LogP contribution >= 0.6 is 0 Å². The van der Waals surface area contributed by atoms with Crippen molar-refractivity contribution in [3.8, 4) is 0 Å². The average Bonchev–Trinajstić information content (AvgIpc) is 2.92. The number of hydrogen-bond acceptors (Lipinski definition) is 3. The zero-order valence-electron chi connectivity index (χ0n) is 15.5. The Morgan fingerprint density at radius 3 is 2.12 bits per heavy atom. The molecule has 2 atom stereocenters. The van der Waals surface area contributed by atoms with Crippen LogP contribution in [0.1, 0.15) is 31.0 Å². The molecule has 0 N–H and O–H groups in total. The number of rotatable bonds is 7. The quantitative estimate of drug-likeness (QED) is 0.553. The number of likely N-dealkylation sites (tertiary alicyclic amines) is 1. The first kappa shape index (κ1) is 18.1. The van der Waals surface area contributed by atoms with Gasteiger partial charge in [0, 0.05) is 25.6 Å². The predicted molar refractivity (Wildman–Crippen MR) is 101 cm³/mol. The molecule has 3 nitrogen and oxygen atoms in total. The zero-order valence-corrected chi connectivity index (χ0v) is 15.5. The second kappa shape index (κ2) is 8.13. The van der Waals surface area contributed by atoms with Crippen LogP contribution < -0.4 is 0 Å². The summed E-state index contributed by atoms with van der Waals surface area (Å²) in [6, 6.07) is 21.9. The summed E-state index contributed by atoms with van der Waals surface area (Å²) in [4.78, 5) is 2.60. The van der Waals surface area contributed by atoms with Crippen LogP contribution in [0.5, 0.6) is 0 Å². The van der Waals surface area contributed by atoms with Gasteiger partial charge >= 0.3 is 0 Å². The number of hydrogen-bond donors (Lipinski definition) is 0. The molecule has 2 aromatic rings. The van der Waals surface area contributed by atoms with E-state index in [1.165, 1.54) is 11.1 Å². The summed E-state index contributed by atoms with van der Waals surface area (Å²) in [6.07, 6.45) is 0. The molecule has 0 amide bonds. The van der Waals surface area contributed by atoms with E-state index in [4.69, 9.17) is 9.47 Å². The van der Waals surface area contributed by atoms with Gasteiger partial charge < -0.3 is 9.47 Å². The first-order chi connectivity index (χ1) is 12.1. The van der Waals surface area contributed by atoms with Gasteiger partial charge in [-0.2, -0.15) is 0 Å². The summed E-state index contributed by atoms with van der Waals surface area (Å²) in [5.41, 5.74) is 2.84. The summed E-state index contributed by atoms with van der Waals surface area (Å²) in [7, 11) is 1.67. The standard InChI is InChI=1S/C22H29NO2/c1-18-14-23(15-22(18,2)16-25-17-24-3)21(19-10-6-4-7-11-19)20-12-8-5-9-13-20/h4-13,18,21H,14-17H2,1-3H3/t18-,22+/m1/s1. The van der Waals surface area contributed by atoms with E-state index in [0.717, 1.165) is 19.7 Å². The van der Waals surface area contributed by atoms with Gasteiger partial charge in [0.1, 0.15) is 6.79 Å². The Bertz CT molecular complexity index is 606. The monoisotopic (exact) mass is 339 g/mol. The summed E-state index contributed by atoms with van der Waals surface area (Å²) < 4.78 is 10.8. The van der Waals surface area contributed by atoms with Crippen LogP contribution in [0.3, 0.4) is 0 Å². The lowest BCUT2D eigenvalue weighted by atomic mass is 9.82. The molecule has 0 bridgehead atoms. The number of methoxy groups -OCH3 is 1. The fourth-order valence-corrected chi connectivity index (χ4v) is 3.88. The normalized spacial score (nSPS) is 24.1. The van der Waals surface area contributed by atoms with Crippen molar-refractivity contribution in [3.63, 3.8) is 0 Å². The van der Waals surface area contributed by atoms with Crippen molar-refractivity contribution in [2.75, 3.05) is 33.6 Å². The Morgan fingerprint density at radius 2 is 1.60 bits per heavy atom. The van der Waals surface area contributed by atoms with E-state index in [1.54, 1.807) is 7.11 Å². The largest absolute Gasteiger partial charge is 0.359 e. The van der Waals surface area contributed by atoms with Gasteiger partial charge in [-0.25, -0.2) is 0 Å². The van der Waals surface area contributed by atoms with Crippen LogP contribution in [-0.4, -0.2) is 38.5 Å². The summed E-state index contributed by atoms with van der Waals surface area (Å²) in [5.74, 6) is 0.569. The molecule has 1 saturated heterocycles. The van der Waals surface area contributed by atoms with Crippen LogP contribution in [-0.2, 0) is 9.47 Å². The van der Waals surface area contributed by atoms with E-state index in [2.05, 4.69) is 79.4 Å². The van der Waals surface area contributed by atoms with Crippen LogP contribution in [0.2, 0.25) is 0 Å². The molecule has 3 heteroatoms. The molecule has 0 saturated carbocycles. The maximum Gasteiger partial charge on any atom is 0.146 e. The van der Waals surface area contributed by atoms with Crippen molar-refractivity contribution in [2.24, 2.45) is 11.3 Å². The van der Waals surface area contributed by atoms with Crippen LogP contribution in [0.25, 0.3) is 0 Å². The minimum Gasteiger partial charge on any atom is -0.359 e. The molecule has 0 spiro atoms. The Balaban J connectivity index is 1.85. The predicted octanol–water partition coefficient (Wildman–Crippen LogP) is 4.35. The van der Waals surface area contributed by atoms with Gasteiger partial charge in [0.2, 0.25) is 0 Å². The maximum absolute atomic E-state index is 5.73. The average molecular weight is 339 g/mol. The zero-order chi connectivity index (χ0) is 17.7. The van der Waals surface area contributed by atoms with Crippen LogP contribution in [0.15, 0.2) is 60.7 Å². The lowest BCUT2D eigenvalue weighted by molar-refractivity contribution is -0.0659. The molecular formula is C22H29NO2. The van der Waals surface area contributed by atoms with Crippen molar-refractivity contribution < 1.29 is 9.47 Å². The van der Waals surface area contributed by atoms with Gasteiger partial charge in [-0.1, -0.05) is 74.5 Å². The smallest absolute Gasteiger partial charge is 0.146 e. The highest BCUT2D eigenvalue weighted by atomic mass is 16.7. The van der Waals surface area contributed by atoms with E-state index in [1.807, 2.05) is 0 Å². The SMILES string of the molecule is COCOC[C@]1(C)CN(C(c2ccccc2)c2ccccc2)C[C@H]1C. The molecule has 3 rings (SSSR count). The van der Waals surface area contributed by atoms with E-state index < -0.39 is 0 Å². The number of nitrogens with zero attached hydrogens (tertiary/aromatic N) is 1. The topological polar surface area (TPSA) is 21.7 Å². The van der Waals surface area contributed by atoms with Crippen molar-refractivity contribution in [3.05, 3.63) is 71.8 Å². The van der Waals surface area contributed by atoms with Crippen molar-refractivity contribution in [1.82, 2.24) is 4.90 Å². The molecule has 0 radical (unpaired) electrons. The summed E-state index contributed by atoms with van der Waals surface area (Å²) in [6.45, 7) is 7.86. The third-order valence-electron chi connectivity index (χ3n) is 5.49. The molecule has 1 aliphatic rings. The highest BCUT2D eigenvalue weighted by molar-refractivity contribution is 5.32. The lowest BCUT2D eigenvalue weighted by Gasteiger charge is -2.31. The number of ether oxygens (including phenoxy) is 2. The Labute approximate surface area is 151 Å². The van der Waals surface area contributed by atoms with Crippen molar-refractivity contribution in [1.29, 1.82) is 0 Å². The van der Waals surface area contributed by atoms with Gasteiger partial charge in [-0.3, -0.25) is 4.90 Å².